The van der Waals surface area contributed by atoms with Crippen LogP contribution >= 0.6 is 11.3 Å². The second-order valence-electron chi connectivity index (χ2n) is 1.73. The average Bonchev–Trinajstić information content (AvgIpc) is 2.34. The van der Waals surface area contributed by atoms with Crippen molar-refractivity contribution in [2.45, 2.75) is 0 Å². The van der Waals surface area contributed by atoms with Gasteiger partial charge < -0.3 is 5.11 Å². The first-order valence-electron chi connectivity index (χ1n) is 2.72. The molecule has 0 saturated carbocycles. The third-order valence-corrected chi connectivity index (χ3v) is 1.66. The molecular weight excluding hydrogens is 256 g/mol. The molecule has 0 fully saturated rings. The third-order valence-electron chi connectivity index (χ3n) is 0.962. The van der Waals surface area contributed by atoms with E-state index in [9.17, 15) is 4.79 Å². The Bertz CT molecular complexity index is 241. The van der Waals surface area contributed by atoms with Gasteiger partial charge in [-0.15, -0.1) is 0 Å². The van der Waals surface area contributed by atoms with Crippen LogP contribution in [0.25, 0.3) is 6.08 Å². The Hall–Kier alpha value is -0.350. The van der Waals surface area contributed by atoms with Gasteiger partial charge in [-0.05, 0) is 28.5 Å². The zero-order valence-electron chi connectivity index (χ0n) is 5.45. The van der Waals surface area contributed by atoms with Crippen LogP contribution in [-0.2, 0) is 27.2 Å². The summed E-state index contributed by atoms with van der Waals surface area (Å²) < 4.78 is 0. The summed E-state index contributed by atoms with van der Waals surface area (Å²) in [7, 11) is 0. The average molecular weight is 262 g/mol. The molecule has 1 radical (unpaired) electrons. The first kappa shape index (κ1) is 10.7. The molecule has 2 nitrogen and oxygen atoms in total. The molecule has 1 heterocycles. The van der Waals surface area contributed by atoms with E-state index in [-0.39, 0.29) is 22.4 Å². The summed E-state index contributed by atoms with van der Waals surface area (Å²) in [5.74, 6) is -0.911. The molecule has 0 aliphatic carbocycles. The Kier molecular flexibility index (Phi) is 5.15. The normalized spacial score (nSPS) is 9.45. The van der Waals surface area contributed by atoms with E-state index in [0.29, 0.717) is 0 Å². The zero-order chi connectivity index (χ0) is 7.40. The van der Waals surface area contributed by atoms with Gasteiger partial charge in [0.15, 0.2) is 0 Å². The van der Waals surface area contributed by atoms with E-state index < -0.39 is 5.97 Å². The molecule has 0 unspecified atom stereocenters. The molecule has 63 valence electrons. The van der Waals surface area contributed by atoms with E-state index in [0.717, 1.165) is 11.6 Å². The van der Waals surface area contributed by atoms with Crippen molar-refractivity contribution in [3.8, 4) is 0 Å². The van der Waals surface area contributed by atoms with Gasteiger partial charge in [0, 0.05) is 28.5 Å². The minimum Gasteiger partial charge on any atom is -0.478 e. The van der Waals surface area contributed by atoms with Gasteiger partial charge in [-0.1, -0.05) is 0 Å². The summed E-state index contributed by atoms with van der Waals surface area (Å²) in [6.45, 7) is 0. The number of aliphatic carboxylic acids is 1. The summed E-state index contributed by atoms with van der Waals surface area (Å²) in [5.41, 5.74) is 0.937. The fraction of sp³-hybridized carbons (Fsp3) is 0. The van der Waals surface area contributed by atoms with Crippen LogP contribution in [0.5, 0.6) is 0 Å². The van der Waals surface area contributed by atoms with Crippen LogP contribution in [-0.4, -0.2) is 11.1 Å². The fourth-order valence-corrected chi connectivity index (χ4v) is 1.17. The number of rotatable bonds is 2. The van der Waals surface area contributed by atoms with Gasteiger partial charge in [-0.25, -0.2) is 4.79 Å². The number of carboxylic acids is 1. The molecule has 0 bridgehead atoms. The Morgan fingerprint density at radius 1 is 1.64 bits per heavy atom. The summed E-state index contributed by atoms with van der Waals surface area (Å²) in [6.07, 6.45) is 2.70. The van der Waals surface area contributed by atoms with Crippen molar-refractivity contribution in [2.75, 3.05) is 0 Å². The van der Waals surface area contributed by atoms with Crippen LogP contribution in [0.3, 0.4) is 0 Å². The van der Waals surface area contributed by atoms with Gasteiger partial charge in [0.05, 0.1) is 0 Å². The first-order valence-corrected chi connectivity index (χ1v) is 3.66. The van der Waals surface area contributed by atoms with Crippen molar-refractivity contribution >= 4 is 23.4 Å². The van der Waals surface area contributed by atoms with Crippen LogP contribution in [0, 0.1) is 0 Å². The van der Waals surface area contributed by atoms with Gasteiger partial charge in [0.1, 0.15) is 0 Å². The predicted octanol–water partition coefficient (Wildman–Crippen LogP) is 1.84. The maximum atomic E-state index is 10.0. The molecule has 1 aromatic rings. The first-order chi connectivity index (χ1) is 4.79. The molecule has 0 atom stereocenters. The van der Waals surface area contributed by atoms with E-state index in [4.69, 9.17) is 5.11 Å². The number of carboxylic acid groups (broad SMARTS) is 1. The van der Waals surface area contributed by atoms with Crippen molar-refractivity contribution in [2.24, 2.45) is 0 Å². The van der Waals surface area contributed by atoms with Crippen molar-refractivity contribution < 1.29 is 32.3 Å². The third kappa shape index (κ3) is 4.16. The standard InChI is InChI=1S/C7H6O2S.Ag/c8-7(9)2-1-6-3-4-10-5-6;/h1-5H,(H,8,9);/b2-1+;. The number of carbonyl (C=O) groups is 1. The monoisotopic (exact) mass is 261 g/mol. The van der Waals surface area contributed by atoms with E-state index in [1.165, 1.54) is 0 Å². The Labute approximate surface area is 84.1 Å². The molecule has 4 heteroatoms. The van der Waals surface area contributed by atoms with Crippen molar-refractivity contribution in [1.82, 2.24) is 0 Å². The van der Waals surface area contributed by atoms with Gasteiger partial charge >= 0.3 is 5.97 Å². The maximum absolute atomic E-state index is 10.0. The SMILES string of the molecule is O=C(O)/C=C/c1ccsc1.[Ag]. The maximum Gasteiger partial charge on any atom is 0.328 e. The molecular formula is C7H6AgO2S. The van der Waals surface area contributed by atoms with E-state index in [1.54, 1.807) is 17.4 Å². The van der Waals surface area contributed by atoms with Crippen molar-refractivity contribution in [1.29, 1.82) is 0 Å². The molecule has 0 aliphatic rings. The summed E-state index contributed by atoms with van der Waals surface area (Å²) in [4.78, 5) is 10.0. The molecule has 0 aromatic carbocycles. The second kappa shape index (κ2) is 5.32. The zero-order valence-corrected chi connectivity index (χ0v) is 7.75. The van der Waals surface area contributed by atoms with E-state index in [1.807, 2.05) is 16.8 Å². The van der Waals surface area contributed by atoms with Crippen LogP contribution in [0.2, 0.25) is 0 Å². The van der Waals surface area contributed by atoms with Gasteiger partial charge in [-0.2, -0.15) is 11.3 Å². The molecule has 0 aliphatic heterocycles. The topological polar surface area (TPSA) is 37.3 Å². The summed E-state index contributed by atoms with van der Waals surface area (Å²) >= 11 is 1.55. The smallest absolute Gasteiger partial charge is 0.328 e. The van der Waals surface area contributed by atoms with Crippen LogP contribution in [0.15, 0.2) is 22.9 Å². The largest absolute Gasteiger partial charge is 0.478 e. The molecule has 0 amide bonds. The number of hydrogen-bond acceptors (Lipinski definition) is 2. The fourth-order valence-electron chi connectivity index (χ4n) is 0.537. The van der Waals surface area contributed by atoms with E-state index in [2.05, 4.69) is 0 Å². The summed E-state index contributed by atoms with van der Waals surface area (Å²) in [5, 5.41) is 12.0. The molecule has 0 saturated heterocycles. The Balaban J connectivity index is 0.000001000. The van der Waals surface area contributed by atoms with Gasteiger partial charge in [0.2, 0.25) is 0 Å². The molecule has 1 N–H and O–H groups in total. The van der Waals surface area contributed by atoms with Crippen LogP contribution in [0.1, 0.15) is 5.56 Å². The van der Waals surface area contributed by atoms with Crippen molar-refractivity contribution in [3.63, 3.8) is 0 Å². The number of thiophene rings is 1. The van der Waals surface area contributed by atoms with E-state index >= 15 is 0 Å². The predicted molar refractivity (Wildman–Crippen MR) is 41.0 cm³/mol. The van der Waals surface area contributed by atoms with Gasteiger partial charge in [0.25, 0.3) is 0 Å². The van der Waals surface area contributed by atoms with Crippen LogP contribution in [0.4, 0.5) is 0 Å². The Morgan fingerprint density at radius 2 is 2.36 bits per heavy atom. The minimum absolute atomic E-state index is 0. The number of hydrogen-bond donors (Lipinski definition) is 1. The summed E-state index contributed by atoms with van der Waals surface area (Å²) in [6, 6.07) is 1.87. The minimum atomic E-state index is -0.911. The van der Waals surface area contributed by atoms with Gasteiger partial charge in [-0.3, -0.25) is 0 Å². The van der Waals surface area contributed by atoms with Crippen LogP contribution < -0.4 is 0 Å². The Morgan fingerprint density at radius 3 is 2.82 bits per heavy atom. The quantitative estimate of drug-likeness (QED) is 0.652. The molecule has 1 aromatic heterocycles. The van der Waals surface area contributed by atoms with Crippen molar-refractivity contribution in [3.05, 3.63) is 28.5 Å². The second-order valence-corrected chi connectivity index (χ2v) is 2.51. The molecule has 1 rings (SSSR count). The molecule has 11 heavy (non-hydrogen) atoms. The molecule has 0 spiro atoms.